The molecular formula is C8H7F3NO3S-. The SMILES string of the molecule is O=S([O-])NC(O)c1ccc(C(F)(F)F)cc1. The van der Waals surface area contributed by atoms with Crippen LogP contribution in [-0.4, -0.2) is 13.9 Å². The summed E-state index contributed by atoms with van der Waals surface area (Å²) in [5.41, 5.74) is -0.844. The fraction of sp³-hybridized carbons (Fsp3) is 0.250. The lowest BCUT2D eigenvalue weighted by Crippen LogP contribution is -2.22. The summed E-state index contributed by atoms with van der Waals surface area (Å²) in [6.07, 6.45) is -6.02. The molecule has 1 aromatic carbocycles. The van der Waals surface area contributed by atoms with Crippen molar-refractivity contribution in [2.45, 2.75) is 12.4 Å². The number of aliphatic hydroxyl groups excluding tert-OH is 1. The average Bonchev–Trinajstić information content (AvgIpc) is 2.15. The molecule has 2 N–H and O–H groups in total. The Morgan fingerprint density at radius 1 is 1.31 bits per heavy atom. The molecule has 0 amide bonds. The topological polar surface area (TPSA) is 72.4 Å². The highest BCUT2D eigenvalue weighted by Gasteiger charge is 2.30. The lowest BCUT2D eigenvalue weighted by atomic mass is 10.1. The third-order valence-corrected chi connectivity index (χ3v) is 2.18. The van der Waals surface area contributed by atoms with Gasteiger partial charge in [-0.25, -0.2) is 4.72 Å². The quantitative estimate of drug-likeness (QED) is 0.626. The highest BCUT2D eigenvalue weighted by Crippen LogP contribution is 2.29. The molecule has 0 aromatic heterocycles. The van der Waals surface area contributed by atoms with Gasteiger partial charge in [-0.2, -0.15) is 13.2 Å². The number of hydrogen-bond donors (Lipinski definition) is 2. The second-order valence-corrected chi connectivity index (χ2v) is 3.58. The van der Waals surface area contributed by atoms with Gasteiger partial charge in [-0.15, -0.1) is 0 Å². The maximum absolute atomic E-state index is 12.2. The van der Waals surface area contributed by atoms with Crippen LogP contribution in [0.4, 0.5) is 13.2 Å². The smallest absolute Gasteiger partial charge is 0.416 e. The maximum Gasteiger partial charge on any atom is 0.416 e. The molecule has 0 spiro atoms. The number of benzene rings is 1. The van der Waals surface area contributed by atoms with Gasteiger partial charge >= 0.3 is 6.18 Å². The standard InChI is InChI=1S/C8H8F3NO3S/c9-8(10,11)6-3-1-5(2-4-6)7(13)12-16(14)15/h1-4,7,12-13H,(H,14,15)/p-1. The fourth-order valence-corrected chi connectivity index (χ4v) is 1.33. The first-order chi connectivity index (χ1) is 7.30. The van der Waals surface area contributed by atoms with Crippen molar-refractivity contribution >= 4 is 11.3 Å². The summed E-state index contributed by atoms with van der Waals surface area (Å²) >= 11 is -2.69. The zero-order chi connectivity index (χ0) is 12.3. The van der Waals surface area contributed by atoms with Gasteiger partial charge in [0.25, 0.3) is 0 Å². The predicted molar refractivity (Wildman–Crippen MR) is 48.5 cm³/mol. The number of alkyl halides is 3. The van der Waals surface area contributed by atoms with Crippen LogP contribution < -0.4 is 4.72 Å². The maximum atomic E-state index is 12.2. The van der Waals surface area contributed by atoms with Crippen LogP contribution in [0.15, 0.2) is 24.3 Å². The van der Waals surface area contributed by atoms with Crippen LogP contribution in [0.2, 0.25) is 0 Å². The normalized spacial score (nSPS) is 15.8. The Morgan fingerprint density at radius 2 is 1.81 bits per heavy atom. The molecule has 90 valence electrons. The summed E-state index contributed by atoms with van der Waals surface area (Å²) in [7, 11) is 0. The van der Waals surface area contributed by atoms with Gasteiger partial charge < -0.3 is 9.66 Å². The van der Waals surface area contributed by atoms with Crippen molar-refractivity contribution in [1.29, 1.82) is 0 Å². The minimum Gasteiger partial charge on any atom is -0.760 e. The van der Waals surface area contributed by atoms with Gasteiger partial charge in [0, 0.05) is 11.3 Å². The third kappa shape index (κ3) is 3.56. The summed E-state index contributed by atoms with van der Waals surface area (Å²) in [5.74, 6) is 0. The van der Waals surface area contributed by atoms with Gasteiger partial charge in [0.05, 0.1) is 5.56 Å². The Balaban J connectivity index is 2.83. The van der Waals surface area contributed by atoms with Gasteiger partial charge in [-0.1, -0.05) is 12.1 Å². The van der Waals surface area contributed by atoms with Crippen LogP contribution in [0.3, 0.4) is 0 Å². The molecule has 2 unspecified atom stereocenters. The van der Waals surface area contributed by atoms with Crippen molar-refractivity contribution in [2.24, 2.45) is 0 Å². The Kier molecular flexibility index (Phi) is 4.03. The van der Waals surface area contributed by atoms with E-state index in [9.17, 15) is 27.0 Å². The van der Waals surface area contributed by atoms with Gasteiger partial charge in [0.2, 0.25) is 0 Å². The molecule has 4 nitrogen and oxygen atoms in total. The lowest BCUT2D eigenvalue weighted by molar-refractivity contribution is -0.137. The second-order valence-electron chi connectivity index (χ2n) is 2.87. The van der Waals surface area contributed by atoms with E-state index in [1.165, 1.54) is 0 Å². The minimum atomic E-state index is -4.46. The molecule has 1 aromatic rings. The molecule has 0 bridgehead atoms. The van der Waals surface area contributed by atoms with E-state index in [1.807, 2.05) is 0 Å². The molecule has 0 saturated heterocycles. The van der Waals surface area contributed by atoms with E-state index in [0.29, 0.717) is 0 Å². The Bertz CT molecular complexity index is 379. The molecule has 0 heterocycles. The van der Waals surface area contributed by atoms with E-state index in [1.54, 1.807) is 4.72 Å². The van der Waals surface area contributed by atoms with Crippen LogP contribution in [0.5, 0.6) is 0 Å². The molecule has 0 radical (unpaired) electrons. The number of hydrogen-bond acceptors (Lipinski definition) is 3. The largest absolute Gasteiger partial charge is 0.760 e. The van der Waals surface area contributed by atoms with Crippen molar-refractivity contribution in [3.63, 3.8) is 0 Å². The van der Waals surface area contributed by atoms with Crippen LogP contribution in [0, 0.1) is 0 Å². The number of rotatable bonds is 3. The summed E-state index contributed by atoms with van der Waals surface area (Å²) in [6, 6.07) is 3.50. The van der Waals surface area contributed by atoms with Crippen LogP contribution in [0.25, 0.3) is 0 Å². The molecule has 8 heteroatoms. The zero-order valence-corrected chi connectivity index (χ0v) is 8.51. The number of halogens is 3. The second kappa shape index (κ2) is 4.91. The monoisotopic (exact) mass is 254 g/mol. The fourth-order valence-electron chi connectivity index (χ4n) is 1.01. The van der Waals surface area contributed by atoms with E-state index in [-0.39, 0.29) is 5.56 Å². The van der Waals surface area contributed by atoms with Gasteiger partial charge in [0.15, 0.2) is 0 Å². The third-order valence-electron chi connectivity index (χ3n) is 1.76. The molecule has 0 aliphatic rings. The van der Waals surface area contributed by atoms with E-state index < -0.39 is 29.2 Å². The van der Waals surface area contributed by atoms with Crippen molar-refractivity contribution in [3.05, 3.63) is 35.4 Å². The zero-order valence-electron chi connectivity index (χ0n) is 7.69. The summed E-state index contributed by atoms with van der Waals surface area (Å²) in [4.78, 5) is 0. The van der Waals surface area contributed by atoms with Crippen LogP contribution >= 0.6 is 0 Å². The van der Waals surface area contributed by atoms with E-state index in [4.69, 9.17) is 0 Å². The lowest BCUT2D eigenvalue weighted by Gasteiger charge is -2.15. The van der Waals surface area contributed by atoms with Crippen LogP contribution in [-0.2, 0) is 17.4 Å². The van der Waals surface area contributed by atoms with Crippen molar-refractivity contribution in [1.82, 2.24) is 4.72 Å². The minimum absolute atomic E-state index is 0.0252. The summed E-state index contributed by atoms with van der Waals surface area (Å²) in [5, 5.41) is 9.20. The average molecular weight is 254 g/mol. The predicted octanol–water partition coefficient (Wildman–Crippen LogP) is 1.08. The van der Waals surface area contributed by atoms with Crippen molar-refractivity contribution in [2.75, 3.05) is 0 Å². The van der Waals surface area contributed by atoms with E-state index in [0.717, 1.165) is 24.3 Å². The van der Waals surface area contributed by atoms with Gasteiger partial charge in [0.1, 0.15) is 6.23 Å². The molecular weight excluding hydrogens is 247 g/mol. The molecule has 0 fully saturated rings. The van der Waals surface area contributed by atoms with E-state index in [2.05, 4.69) is 0 Å². The Labute approximate surface area is 91.5 Å². The van der Waals surface area contributed by atoms with Gasteiger partial charge in [-0.05, 0) is 17.7 Å². The van der Waals surface area contributed by atoms with E-state index >= 15 is 0 Å². The van der Waals surface area contributed by atoms with Crippen molar-refractivity contribution in [3.8, 4) is 0 Å². The molecule has 0 aliphatic carbocycles. The molecule has 0 aliphatic heterocycles. The highest BCUT2D eigenvalue weighted by atomic mass is 32.2. The molecule has 0 saturated carbocycles. The Morgan fingerprint density at radius 3 is 2.19 bits per heavy atom. The number of aliphatic hydroxyl groups is 1. The first-order valence-electron chi connectivity index (χ1n) is 4.01. The molecule has 1 rings (SSSR count). The summed E-state index contributed by atoms with van der Waals surface area (Å²) < 4.78 is 58.5. The first-order valence-corrected chi connectivity index (χ1v) is 5.09. The van der Waals surface area contributed by atoms with Crippen molar-refractivity contribution < 1.29 is 27.0 Å². The summed E-state index contributed by atoms with van der Waals surface area (Å²) in [6.45, 7) is 0. The highest BCUT2D eigenvalue weighted by molar-refractivity contribution is 7.77. The van der Waals surface area contributed by atoms with Gasteiger partial charge in [-0.3, -0.25) is 4.21 Å². The Hall–Kier alpha value is -0.960. The first kappa shape index (κ1) is 13.1. The molecule has 16 heavy (non-hydrogen) atoms. The molecule has 2 atom stereocenters. The number of nitrogens with one attached hydrogen (secondary N) is 1. The van der Waals surface area contributed by atoms with Crippen LogP contribution in [0.1, 0.15) is 17.4 Å².